The molecule has 9 atom stereocenters. The van der Waals surface area contributed by atoms with E-state index in [1.54, 1.807) is 17.8 Å². The highest BCUT2D eigenvalue weighted by molar-refractivity contribution is 6.02. The molecule has 1 fully saturated rings. The largest absolute Gasteiger partial charge is 0.389 e. The standard InChI is InChI=1S/C54H100N22O11/c1-33(68-52(86)44(42(77)29-60)74-46(80)35(61)14-3-6-20-55)45(79)66-30-43(78)69-39(17-11-24-59)53(87)76-27-13-19-41(76)51(85)73-40(28-34-31-75(2)32-67-34)50(84)72-37(16-5-8-22-57)48(82)71-38(18-12-26-65-54(62)63)49(83)70-36(15-4-7-21-56)47(81)64-25-10-9-23-58/h18,31-33,35-37,39-42,44,77H,3-17,19-30,55-61H2,1-2H3,(H,64,81)(H,66,79)(H,68,86)(H,69,78)(H,70,83)(H,71,82)(H,72,84)(H,73,85)(H,74,80)(H4,62,63,65)/b38-18-/t33?,35?,36-,37-,39+,40?,41?,42-,44-/m0/s1. The van der Waals surface area contributed by atoms with Gasteiger partial charge in [0.05, 0.1) is 30.7 Å². The predicted octanol–water partition coefficient (Wildman–Crippen LogP) is -7.50. The minimum absolute atomic E-state index is 0.0289. The first-order valence-electron chi connectivity index (χ1n) is 29.9. The number of aryl methyl sites for hydroxylation is 1. The van der Waals surface area contributed by atoms with Gasteiger partial charge in [-0.3, -0.25) is 53.4 Å². The Hall–Kier alpha value is -7.40. The lowest BCUT2D eigenvalue weighted by Crippen LogP contribution is -2.60. The molecule has 87 heavy (non-hydrogen) atoms. The van der Waals surface area contributed by atoms with Gasteiger partial charge in [0.1, 0.15) is 48.0 Å². The van der Waals surface area contributed by atoms with Gasteiger partial charge in [-0.25, -0.2) is 4.98 Å². The van der Waals surface area contributed by atoms with E-state index in [2.05, 4.69) is 58.2 Å². The number of nitrogens with two attached hydrogens (primary N) is 8. The number of aliphatic hydroxyl groups is 1. The summed E-state index contributed by atoms with van der Waals surface area (Å²) < 4.78 is 1.63. The Morgan fingerprint density at radius 1 is 0.667 bits per heavy atom. The van der Waals surface area contributed by atoms with Crippen molar-refractivity contribution in [3.8, 4) is 0 Å². The fraction of sp³-hybridized carbons (Fsp3) is 0.704. The molecule has 1 aliphatic rings. The molecule has 2 heterocycles. The van der Waals surface area contributed by atoms with Crippen LogP contribution in [-0.4, -0.2) is 204 Å². The molecule has 1 saturated heterocycles. The molecule has 28 N–H and O–H groups in total. The number of carbonyl (C=O) groups is 10. The molecule has 0 aromatic carbocycles. The normalized spacial score (nSPS) is 15.9. The van der Waals surface area contributed by atoms with Gasteiger partial charge in [-0.1, -0.05) is 12.5 Å². The summed E-state index contributed by atoms with van der Waals surface area (Å²) in [4.78, 5) is 143. The number of amides is 10. The molecule has 2 rings (SSSR count). The molecule has 1 aliphatic heterocycles. The number of unbranched alkanes of at least 4 members (excludes halogenated alkanes) is 4. The van der Waals surface area contributed by atoms with Crippen LogP contribution in [0.3, 0.4) is 0 Å². The van der Waals surface area contributed by atoms with E-state index in [-0.39, 0.29) is 89.2 Å². The second-order valence-electron chi connectivity index (χ2n) is 21.3. The Morgan fingerprint density at radius 2 is 1.28 bits per heavy atom. The predicted molar refractivity (Wildman–Crippen MR) is 324 cm³/mol. The summed E-state index contributed by atoms with van der Waals surface area (Å²) in [6.07, 6.45) is 8.51. The maximum atomic E-state index is 14.6. The molecule has 1 aromatic rings. The number of carbonyl (C=O) groups excluding carboxylic acids is 10. The summed E-state index contributed by atoms with van der Waals surface area (Å²) in [6.45, 7) is 2.27. The van der Waals surface area contributed by atoms with Gasteiger partial charge in [0.2, 0.25) is 53.2 Å². The van der Waals surface area contributed by atoms with E-state index in [1.165, 1.54) is 24.2 Å². The van der Waals surface area contributed by atoms with Crippen molar-refractivity contribution in [3.05, 3.63) is 30.0 Å². The number of guanidine groups is 1. The van der Waals surface area contributed by atoms with E-state index in [1.807, 2.05) is 0 Å². The summed E-state index contributed by atoms with van der Waals surface area (Å²) >= 11 is 0. The molecule has 10 amide bonds. The molecule has 492 valence electrons. The highest BCUT2D eigenvalue weighted by atomic mass is 16.3. The van der Waals surface area contributed by atoms with Crippen molar-refractivity contribution in [1.29, 1.82) is 5.41 Å². The first kappa shape index (κ1) is 75.7. The minimum atomic E-state index is -1.57. The smallest absolute Gasteiger partial charge is 0.268 e. The van der Waals surface area contributed by atoms with E-state index >= 15 is 0 Å². The summed E-state index contributed by atoms with van der Waals surface area (Å²) in [5, 5.41) is 44.1. The van der Waals surface area contributed by atoms with Crippen molar-refractivity contribution in [3.63, 3.8) is 0 Å². The van der Waals surface area contributed by atoms with Crippen LogP contribution in [0.1, 0.15) is 115 Å². The zero-order valence-electron chi connectivity index (χ0n) is 50.5. The van der Waals surface area contributed by atoms with Gasteiger partial charge in [-0.15, -0.1) is 0 Å². The summed E-state index contributed by atoms with van der Waals surface area (Å²) in [7, 11) is 1.70. The van der Waals surface area contributed by atoms with Crippen LogP contribution < -0.4 is 99.0 Å². The van der Waals surface area contributed by atoms with E-state index in [0.717, 1.165) is 0 Å². The molecule has 1 aromatic heterocycles. The molecule has 33 nitrogen and oxygen atoms in total. The van der Waals surface area contributed by atoms with E-state index in [4.69, 9.17) is 51.3 Å². The van der Waals surface area contributed by atoms with E-state index in [0.29, 0.717) is 89.7 Å². The number of likely N-dealkylation sites (tertiary alicyclic amines) is 1. The van der Waals surface area contributed by atoms with Gasteiger partial charge < -0.3 is 114 Å². The maximum absolute atomic E-state index is 14.6. The average molecular weight is 1230 g/mol. The van der Waals surface area contributed by atoms with Crippen LogP contribution in [0.15, 0.2) is 24.3 Å². The number of aromatic nitrogens is 2. The molecule has 33 heteroatoms. The topological polar surface area (TPSA) is 564 Å². The molecule has 0 radical (unpaired) electrons. The van der Waals surface area contributed by atoms with Crippen molar-refractivity contribution in [2.24, 2.45) is 52.9 Å². The first-order valence-corrected chi connectivity index (χ1v) is 29.9. The molecule has 4 unspecified atom stereocenters. The van der Waals surface area contributed by atoms with E-state index in [9.17, 15) is 53.1 Å². The number of hydrogen-bond acceptors (Lipinski definition) is 20. The monoisotopic (exact) mass is 1230 g/mol. The van der Waals surface area contributed by atoms with Gasteiger partial charge in [0.25, 0.3) is 5.91 Å². The fourth-order valence-corrected chi connectivity index (χ4v) is 9.13. The van der Waals surface area contributed by atoms with Crippen LogP contribution in [-0.2, 0) is 61.4 Å². The minimum Gasteiger partial charge on any atom is -0.389 e. The fourth-order valence-electron chi connectivity index (χ4n) is 9.13. The third kappa shape index (κ3) is 28.8. The van der Waals surface area contributed by atoms with Crippen LogP contribution in [0.2, 0.25) is 0 Å². The van der Waals surface area contributed by atoms with Crippen molar-refractivity contribution >= 4 is 65.0 Å². The highest BCUT2D eigenvalue weighted by Gasteiger charge is 2.40. The third-order valence-electron chi connectivity index (χ3n) is 14.1. The molecular weight excluding hydrogens is 1130 g/mol. The quantitative estimate of drug-likeness (QED) is 0.0125. The van der Waals surface area contributed by atoms with Gasteiger partial charge in [0, 0.05) is 45.8 Å². The zero-order chi connectivity index (χ0) is 64.8. The number of rotatable bonds is 44. The van der Waals surface area contributed by atoms with E-state index < -0.39 is 127 Å². The molecule has 0 bridgehead atoms. The average Bonchev–Trinajstić information content (AvgIpc) is 4.39. The van der Waals surface area contributed by atoms with Crippen molar-refractivity contribution in [1.82, 2.24) is 67.6 Å². The van der Waals surface area contributed by atoms with Gasteiger partial charge in [0.15, 0.2) is 5.96 Å². The molecule has 0 spiro atoms. The summed E-state index contributed by atoms with van der Waals surface area (Å²) in [5.41, 5.74) is 45.6. The van der Waals surface area contributed by atoms with Crippen LogP contribution in [0.4, 0.5) is 0 Å². The summed E-state index contributed by atoms with van der Waals surface area (Å²) in [6, 6.07) is -9.99. The van der Waals surface area contributed by atoms with Crippen molar-refractivity contribution < 1.29 is 53.1 Å². The summed E-state index contributed by atoms with van der Waals surface area (Å²) in [5.74, 6) is -7.95. The molecule has 0 saturated carbocycles. The van der Waals surface area contributed by atoms with Crippen molar-refractivity contribution in [2.75, 3.05) is 65.4 Å². The Balaban J connectivity index is 2.35. The van der Waals surface area contributed by atoms with Crippen LogP contribution in [0.5, 0.6) is 0 Å². The lowest BCUT2D eigenvalue weighted by Gasteiger charge is -2.30. The number of nitrogens with one attached hydrogen (secondary N) is 11. The van der Waals surface area contributed by atoms with Gasteiger partial charge >= 0.3 is 0 Å². The zero-order valence-corrected chi connectivity index (χ0v) is 50.5. The second-order valence-corrected chi connectivity index (χ2v) is 21.3. The first-order chi connectivity index (χ1) is 41.5. The third-order valence-corrected chi connectivity index (χ3v) is 14.1. The second kappa shape index (κ2) is 42.4. The highest BCUT2D eigenvalue weighted by Crippen LogP contribution is 2.21. The Bertz CT molecular complexity index is 2390. The number of aliphatic hydroxyl groups excluding tert-OH is 1. The number of hydrogen-bond donors (Lipinski definition) is 20. The Morgan fingerprint density at radius 3 is 1.87 bits per heavy atom. The maximum Gasteiger partial charge on any atom is 0.268 e. The Labute approximate surface area is 508 Å². The van der Waals surface area contributed by atoms with Gasteiger partial charge in [-0.05, 0) is 136 Å². The van der Waals surface area contributed by atoms with Crippen LogP contribution >= 0.6 is 0 Å². The van der Waals surface area contributed by atoms with Crippen LogP contribution in [0.25, 0.3) is 0 Å². The number of imidazole rings is 1. The Kier molecular flexibility index (Phi) is 36.9. The lowest BCUT2D eigenvalue weighted by molar-refractivity contribution is -0.142. The van der Waals surface area contributed by atoms with Crippen molar-refractivity contribution in [2.45, 2.75) is 171 Å². The molecule has 0 aliphatic carbocycles. The SMILES string of the molecule is CC(NC(=O)[C@@H](NC(=O)C(N)CCCCN)[C@@H](O)CN)C(=O)NCC(=O)N[C@H](CCCN)C(=O)N1CCCC1C(=O)NC(Cc1cn(C)cn1)C(=O)N[C@@H](CCCCN)C(=O)N/C(=C\CCNC(=N)N)C(=O)N[C@@H](CCCCN)C(=O)NCCCCN. The lowest BCUT2D eigenvalue weighted by atomic mass is 10.0. The van der Waals surface area contributed by atoms with Gasteiger partial charge in [-0.2, -0.15) is 0 Å². The van der Waals surface area contributed by atoms with Crippen LogP contribution in [0, 0.1) is 5.41 Å². The molecular formula is C54H100N22O11. The number of nitrogens with zero attached hydrogens (tertiary/aromatic N) is 3.